The van der Waals surface area contributed by atoms with E-state index in [1.165, 1.54) is 0 Å². The molecule has 0 fully saturated rings. The van der Waals surface area contributed by atoms with Gasteiger partial charge in [-0.25, -0.2) is 14.6 Å². The van der Waals surface area contributed by atoms with Crippen molar-refractivity contribution in [3.05, 3.63) is 29.3 Å². The number of fused-ring (bicyclic) bond motifs is 1. The van der Waals surface area contributed by atoms with Crippen LogP contribution < -0.4 is 16.2 Å². The topological polar surface area (TPSA) is 92.5 Å². The van der Waals surface area contributed by atoms with Crippen LogP contribution in [-0.2, 0) is 9.59 Å². The molecule has 0 bridgehead atoms. The van der Waals surface area contributed by atoms with Crippen molar-refractivity contribution in [2.45, 2.75) is 12.8 Å². The van der Waals surface area contributed by atoms with Crippen molar-refractivity contribution in [1.82, 2.24) is 5.43 Å². The van der Waals surface area contributed by atoms with Crippen molar-refractivity contribution >= 4 is 23.3 Å². The van der Waals surface area contributed by atoms with Crippen molar-refractivity contribution in [3.63, 3.8) is 0 Å². The molecule has 106 valence electrons. The van der Waals surface area contributed by atoms with Gasteiger partial charge in [-0.15, -0.1) is 0 Å². The van der Waals surface area contributed by atoms with Gasteiger partial charge in [-0.1, -0.05) is 0 Å². The van der Waals surface area contributed by atoms with Crippen LogP contribution in [-0.4, -0.2) is 24.1 Å². The molecule has 1 aromatic rings. The van der Waals surface area contributed by atoms with Crippen molar-refractivity contribution in [1.29, 1.82) is 0 Å². The highest BCUT2D eigenvalue weighted by molar-refractivity contribution is 6.52. The summed E-state index contributed by atoms with van der Waals surface area (Å²) in [6.45, 7) is -0.0342. The molecule has 2 rings (SSSR count). The lowest BCUT2D eigenvalue weighted by Crippen LogP contribution is -2.33. The standard InChI is InChI=1S/C12H11F2N3O3/c13-6-4-7-10(8(14)5-6)17(12(20)11(7)19)3-1-2-9(18)16-15/h4-5H,1-3,15H2,(H,16,18). The Kier molecular flexibility index (Phi) is 3.75. The molecule has 6 nitrogen and oxygen atoms in total. The van der Waals surface area contributed by atoms with Gasteiger partial charge in [0.25, 0.3) is 11.7 Å². The van der Waals surface area contributed by atoms with E-state index in [2.05, 4.69) is 0 Å². The van der Waals surface area contributed by atoms with E-state index >= 15 is 0 Å². The lowest BCUT2D eigenvalue weighted by atomic mass is 10.1. The summed E-state index contributed by atoms with van der Waals surface area (Å²) < 4.78 is 26.8. The first-order valence-electron chi connectivity index (χ1n) is 5.80. The van der Waals surface area contributed by atoms with E-state index in [-0.39, 0.29) is 30.6 Å². The number of hydrogen-bond acceptors (Lipinski definition) is 4. The Morgan fingerprint density at radius 3 is 2.65 bits per heavy atom. The van der Waals surface area contributed by atoms with Gasteiger partial charge in [0.1, 0.15) is 5.82 Å². The normalized spacial score (nSPS) is 13.7. The van der Waals surface area contributed by atoms with Crippen molar-refractivity contribution in [2.24, 2.45) is 5.84 Å². The number of nitrogens with one attached hydrogen (secondary N) is 1. The summed E-state index contributed by atoms with van der Waals surface area (Å²) in [5.74, 6) is 0.658. The molecule has 2 amide bonds. The second-order valence-electron chi connectivity index (χ2n) is 4.24. The second kappa shape index (κ2) is 5.33. The number of benzene rings is 1. The fraction of sp³-hybridized carbons (Fsp3) is 0.250. The lowest BCUT2D eigenvalue weighted by Gasteiger charge is -2.16. The molecule has 1 heterocycles. The van der Waals surface area contributed by atoms with Gasteiger partial charge in [0.15, 0.2) is 5.82 Å². The number of anilines is 1. The first-order valence-corrected chi connectivity index (χ1v) is 5.80. The second-order valence-corrected chi connectivity index (χ2v) is 4.24. The molecule has 1 aliphatic rings. The van der Waals surface area contributed by atoms with Gasteiger partial charge in [0.2, 0.25) is 5.91 Å². The molecule has 0 aromatic heterocycles. The molecular weight excluding hydrogens is 272 g/mol. The number of rotatable bonds is 4. The fourth-order valence-electron chi connectivity index (χ4n) is 2.04. The summed E-state index contributed by atoms with van der Waals surface area (Å²) in [7, 11) is 0. The number of ketones is 1. The van der Waals surface area contributed by atoms with Crippen LogP contribution in [0.25, 0.3) is 0 Å². The van der Waals surface area contributed by atoms with Gasteiger partial charge in [-0.05, 0) is 12.5 Å². The summed E-state index contributed by atoms with van der Waals surface area (Å²) >= 11 is 0. The van der Waals surface area contributed by atoms with Crippen LogP contribution in [0, 0.1) is 11.6 Å². The van der Waals surface area contributed by atoms with Crippen LogP contribution in [0.5, 0.6) is 0 Å². The summed E-state index contributed by atoms with van der Waals surface area (Å²) in [6, 6.07) is 1.43. The van der Waals surface area contributed by atoms with Crippen molar-refractivity contribution in [3.8, 4) is 0 Å². The molecule has 0 spiro atoms. The summed E-state index contributed by atoms with van der Waals surface area (Å²) in [6.07, 6.45) is 0.213. The van der Waals surface area contributed by atoms with Crippen LogP contribution in [0.3, 0.4) is 0 Å². The zero-order chi connectivity index (χ0) is 14.9. The molecule has 0 saturated heterocycles. The van der Waals surface area contributed by atoms with Crippen LogP contribution in [0.15, 0.2) is 12.1 Å². The molecule has 1 aromatic carbocycles. The predicted octanol–water partition coefficient (Wildman–Crippen LogP) is 0.264. The molecule has 0 atom stereocenters. The number of carbonyl (C=O) groups excluding carboxylic acids is 3. The minimum Gasteiger partial charge on any atom is -0.302 e. The average Bonchev–Trinajstić information content (AvgIpc) is 2.64. The molecule has 0 radical (unpaired) electrons. The molecule has 3 N–H and O–H groups in total. The number of halogens is 2. The minimum absolute atomic E-state index is 0.0205. The van der Waals surface area contributed by atoms with E-state index < -0.39 is 29.2 Å². The van der Waals surface area contributed by atoms with Crippen LogP contribution >= 0.6 is 0 Å². The third-order valence-electron chi connectivity index (χ3n) is 2.93. The Morgan fingerprint density at radius 1 is 1.30 bits per heavy atom. The van der Waals surface area contributed by atoms with E-state index in [1.807, 2.05) is 5.43 Å². The quantitative estimate of drug-likeness (QED) is 0.359. The van der Waals surface area contributed by atoms with E-state index in [0.29, 0.717) is 6.07 Å². The Morgan fingerprint density at radius 2 is 2.00 bits per heavy atom. The summed E-state index contributed by atoms with van der Waals surface area (Å²) in [5.41, 5.74) is 1.38. The molecular formula is C12H11F2N3O3. The maximum atomic E-state index is 13.7. The van der Waals surface area contributed by atoms with Crippen LogP contribution in [0.2, 0.25) is 0 Å². The number of Topliss-reactive ketones (excluding diaryl/α,β-unsaturated/α-hetero) is 1. The first-order chi connectivity index (χ1) is 9.45. The fourth-order valence-corrected chi connectivity index (χ4v) is 2.04. The largest absolute Gasteiger partial charge is 0.302 e. The van der Waals surface area contributed by atoms with Gasteiger partial charge >= 0.3 is 0 Å². The number of amides is 2. The average molecular weight is 283 g/mol. The van der Waals surface area contributed by atoms with E-state index in [0.717, 1.165) is 11.0 Å². The maximum absolute atomic E-state index is 13.7. The lowest BCUT2D eigenvalue weighted by molar-refractivity contribution is -0.121. The van der Waals surface area contributed by atoms with Gasteiger partial charge < -0.3 is 4.90 Å². The predicted molar refractivity (Wildman–Crippen MR) is 64.6 cm³/mol. The Labute approximate surface area is 112 Å². The molecule has 0 unspecified atom stereocenters. The molecule has 0 saturated carbocycles. The summed E-state index contributed by atoms with van der Waals surface area (Å²) in [5, 5.41) is 0. The van der Waals surface area contributed by atoms with Crippen LogP contribution in [0.1, 0.15) is 23.2 Å². The molecule has 20 heavy (non-hydrogen) atoms. The number of nitrogens with two attached hydrogens (primary N) is 1. The van der Waals surface area contributed by atoms with Crippen LogP contribution in [0.4, 0.5) is 14.5 Å². The number of carbonyl (C=O) groups is 3. The third-order valence-corrected chi connectivity index (χ3v) is 2.93. The zero-order valence-corrected chi connectivity index (χ0v) is 10.3. The van der Waals surface area contributed by atoms with Gasteiger partial charge in [-0.3, -0.25) is 19.8 Å². The highest BCUT2D eigenvalue weighted by Gasteiger charge is 2.38. The van der Waals surface area contributed by atoms with E-state index in [9.17, 15) is 23.2 Å². The minimum atomic E-state index is -0.984. The van der Waals surface area contributed by atoms with Crippen molar-refractivity contribution in [2.75, 3.05) is 11.4 Å². The van der Waals surface area contributed by atoms with Gasteiger partial charge in [0.05, 0.1) is 11.3 Å². The monoisotopic (exact) mass is 283 g/mol. The third kappa shape index (κ3) is 2.37. The van der Waals surface area contributed by atoms with Gasteiger partial charge in [0, 0.05) is 19.0 Å². The Hall–Kier alpha value is -2.35. The SMILES string of the molecule is NNC(=O)CCCN1C(=O)C(=O)c2cc(F)cc(F)c21. The Balaban J connectivity index is 2.22. The Bertz CT molecular complexity index is 604. The number of hydrogen-bond donors (Lipinski definition) is 2. The van der Waals surface area contributed by atoms with Gasteiger partial charge in [-0.2, -0.15) is 0 Å². The smallest absolute Gasteiger partial charge is 0.299 e. The highest BCUT2D eigenvalue weighted by atomic mass is 19.1. The molecule has 8 heteroatoms. The number of nitrogens with zero attached hydrogens (tertiary/aromatic N) is 1. The first kappa shape index (κ1) is 14.1. The number of hydrazine groups is 1. The maximum Gasteiger partial charge on any atom is 0.299 e. The van der Waals surface area contributed by atoms with E-state index in [1.54, 1.807) is 0 Å². The zero-order valence-electron chi connectivity index (χ0n) is 10.3. The molecule has 0 aliphatic carbocycles. The highest BCUT2D eigenvalue weighted by Crippen LogP contribution is 2.32. The van der Waals surface area contributed by atoms with E-state index in [4.69, 9.17) is 5.84 Å². The van der Waals surface area contributed by atoms with Crippen molar-refractivity contribution < 1.29 is 23.2 Å². The molecule has 1 aliphatic heterocycles. The summed E-state index contributed by atoms with van der Waals surface area (Å²) in [4.78, 5) is 35.2.